The quantitative estimate of drug-likeness (QED) is 0.803. The number of hydrogen-bond acceptors (Lipinski definition) is 4. The van der Waals surface area contributed by atoms with Gasteiger partial charge in [0.15, 0.2) is 0 Å². The molecule has 0 atom stereocenters. The van der Waals surface area contributed by atoms with Crippen molar-refractivity contribution in [2.45, 2.75) is 0 Å². The van der Waals surface area contributed by atoms with Crippen LogP contribution in [0.1, 0.15) is 0 Å². The van der Waals surface area contributed by atoms with E-state index < -0.39 is 10.0 Å². The zero-order chi connectivity index (χ0) is 15.9. The summed E-state index contributed by atoms with van der Waals surface area (Å²) in [5, 5.41) is 9.69. The predicted octanol–water partition coefficient (Wildman–Crippen LogP) is 2.10. The third kappa shape index (κ3) is 2.50. The summed E-state index contributed by atoms with van der Waals surface area (Å²) in [5.41, 5.74) is 2.41. The first-order chi connectivity index (χ1) is 10.4. The molecule has 0 saturated heterocycles. The van der Waals surface area contributed by atoms with Gasteiger partial charge in [0, 0.05) is 31.1 Å². The summed E-state index contributed by atoms with van der Waals surface area (Å²) >= 11 is 0. The summed E-state index contributed by atoms with van der Waals surface area (Å²) in [6.45, 7) is 0. The molecule has 0 aliphatic carbocycles. The number of nitrogens with zero attached hydrogens (tertiary/aromatic N) is 3. The van der Waals surface area contributed by atoms with E-state index in [1.165, 1.54) is 19.2 Å². The number of rotatable bonds is 3. The Labute approximate surface area is 128 Å². The third-order valence-electron chi connectivity index (χ3n) is 3.46. The molecule has 114 valence electrons. The van der Waals surface area contributed by atoms with Crippen molar-refractivity contribution in [3.05, 3.63) is 48.8 Å². The monoisotopic (exact) mass is 317 g/mol. The van der Waals surface area contributed by atoms with Crippen molar-refractivity contribution in [2.75, 3.05) is 17.6 Å². The highest BCUT2D eigenvalue weighted by Gasteiger charge is 2.19. The van der Waals surface area contributed by atoms with Crippen LogP contribution in [0.2, 0.25) is 0 Å². The maximum absolute atomic E-state index is 11.8. The zero-order valence-electron chi connectivity index (χ0n) is 12.1. The van der Waals surface area contributed by atoms with E-state index in [2.05, 4.69) is 4.98 Å². The molecule has 0 aliphatic rings. The molecule has 0 fully saturated rings. The van der Waals surface area contributed by atoms with Crippen LogP contribution in [0, 0.1) is 0 Å². The number of aromatic nitrogens is 2. The molecule has 1 N–H and O–H groups in total. The van der Waals surface area contributed by atoms with Crippen molar-refractivity contribution in [2.24, 2.45) is 0 Å². The molecule has 2 heterocycles. The first-order valence-electron chi connectivity index (χ1n) is 6.57. The topological polar surface area (TPSA) is 74.9 Å². The van der Waals surface area contributed by atoms with E-state index >= 15 is 0 Å². The van der Waals surface area contributed by atoms with Gasteiger partial charge >= 0.3 is 0 Å². The van der Waals surface area contributed by atoms with E-state index in [9.17, 15) is 13.5 Å². The molecule has 0 spiro atoms. The van der Waals surface area contributed by atoms with Crippen molar-refractivity contribution in [1.82, 2.24) is 9.38 Å². The first kappa shape index (κ1) is 14.4. The third-order valence-corrected chi connectivity index (χ3v) is 4.65. The number of benzene rings is 1. The van der Waals surface area contributed by atoms with Crippen LogP contribution in [0.4, 0.5) is 5.69 Å². The summed E-state index contributed by atoms with van der Waals surface area (Å²) in [5.74, 6) is -0.00184. The van der Waals surface area contributed by atoms with Gasteiger partial charge in [-0.15, -0.1) is 0 Å². The highest BCUT2D eigenvalue weighted by atomic mass is 32.2. The van der Waals surface area contributed by atoms with Gasteiger partial charge in [0.2, 0.25) is 10.0 Å². The number of hydrogen-bond donors (Lipinski definition) is 1. The number of phenols is 1. The van der Waals surface area contributed by atoms with Crippen molar-refractivity contribution >= 4 is 21.4 Å². The van der Waals surface area contributed by atoms with Crippen molar-refractivity contribution in [3.8, 4) is 17.0 Å². The molecular formula is C15H15N3O3S. The second kappa shape index (κ2) is 5.03. The van der Waals surface area contributed by atoms with E-state index in [0.29, 0.717) is 16.9 Å². The predicted molar refractivity (Wildman–Crippen MR) is 85.5 cm³/mol. The molecule has 1 aromatic carbocycles. The average molecular weight is 317 g/mol. The van der Waals surface area contributed by atoms with Crippen LogP contribution in [-0.4, -0.2) is 36.2 Å². The van der Waals surface area contributed by atoms with Crippen molar-refractivity contribution in [3.63, 3.8) is 0 Å². The number of aromatic hydroxyl groups is 1. The molecule has 0 radical (unpaired) electrons. The van der Waals surface area contributed by atoms with E-state index in [1.807, 2.05) is 35.0 Å². The molecule has 0 unspecified atom stereocenters. The zero-order valence-corrected chi connectivity index (χ0v) is 12.9. The van der Waals surface area contributed by atoms with Crippen LogP contribution < -0.4 is 4.31 Å². The van der Waals surface area contributed by atoms with Crippen LogP contribution in [0.25, 0.3) is 16.9 Å². The van der Waals surface area contributed by atoms with E-state index in [4.69, 9.17) is 0 Å². The molecule has 6 nitrogen and oxygen atoms in total. The van der Waals surface area contributed by atoms with Crippen LogP contribution >= 0.6 is 0 Å². The lowest BCUT2D eigenvalue weighted by Gasteiger charge is -2.19. The highest BCUT2D eigenvalue weighted by Crippen LogP contribution is 2.33. The van der Waals surface area contributed by atoms with E-state index in [-0.39, 0.29) is 5.75 Å². The number of fused-ring (bicyclic) bond motifs is 1. The van der Waals surface area contributed by atoms with Crippen molar-refractivity contribution in [1.29, 1.82) is 0 Å². The van der Waals surface area contributed by atoms with Gasteiger partial charge in [-0.1, -0.05) is 6.07 Å². The van der Waals surface area contributed by atoms with E-state index in [1.54, 1.807) is 6.07 Å². The lowest BCUT2D eigenvalue weighted by atomic mass is 10.1. The van der Waals surface area contributed by atoms with Crippen LogP contribution in [0.3, 0.4) is 0 Å². The second-order valence-electron chi connectivity index (χ2n) is 5.02. The van der Waals surface area contributed by atoms with Crippen LogP contribution in [0.15, 0.2) is 48.8 Å². The van der Waals surface area contributed by atoms with E-state index in [0.717, 1.165) is 16.2 Å². The summed E-state index contributed by atoms with van der Waals surface area (Å²) in [6, 6.07) is 10.2. The molecule has 7 heteroatoms. The molecule has 0 amide bonds. The largest absolute Gasteiger partial charge is 0.508 e. The first-order valence-corrected chi connectivity index (χ1v) is 8.42. The van der Waals surface area contributed by atoms with Gasteiger partial charge in [0.1, 0.15) is 11.4 Å². The van der Waals surface area contributed by atoms with Crippen molar-refractivity contribution < 1.29 is 13.5 Å². The maximum atomic E-state index is 11.8. The van der Waals surface area contributed by atoms with Gasteiger partial charge in [-0.3, -0.25) is 4.31 Å². The highest BCUT2D eigenvalue weighted by molar-refractivity contribution is 7.92. The SMILES string of the molecule is CN(c1cc(O)ccc1-c1cn2ccccc2n1)S(C)(=O)=O. The molecule has 22 heavy (non-hydrogen) atoms. The van der Waals surface area contributed by atoms with Crippen LogP contribution in [0.5, 0.6) is 5.75 Å². The standard InChI is InChI=1S/C15H15N3O3S/c1-17(22(2,20)21)14-9-11(19)6-7-12(14)13-10-18-8-4-3-5-15(18)16-13/h3-10,19H,1-2H3. The van der Waals surface area contributed by atoms with Gasteiger partial charge in [-0.2, -0.15) is 0 Å². The molecular weight excluding hydrogens is 302 g/mol. The number of anilines is 1. The van der Waals surface area contributed by atoms with Gasteiger partial charge in [-0.25, -0.2) is 13.4 Å². The number of phenolic OH excluding ortho intramolecular Hbond substituents is 1. The Hall–Kier alpha value is -2.54. The molecule has 3 rings (SSSR count). The Bertz CT molecular complexity index is 915. The minimum absolute atomic E-state index is 0.00184. The average Bonchev–Trinajstić information content (AvgIpc) is 2.89. The fraction of sp³-hybridized carbons (Fsp3) is 0.133. The summed E-state index contributed by atoms with van der Waals surface area (Å²) < 4.78 is 26.6. The lowest BCUT2D eigenvalue weighted by molar-refractivity contribution is 0.475. The Morgan fingerprint density at radius 3 is 2.68 bits per heavy atom. The minimum atomic E-state index is -3.45. The molecule has 3 aromatic rings. The summed E-state index contributed by atoms with van der Waals surface area (Å²) in [4.78, 5) is 4.50. The number of imidazole rings is 1. The Kier molecular flexibility index (Phi) is 3.29. The Morgan fingerprint density at radius 2 is 2.00 bits per heavy atom. The van der Waals surface area contributed by atoms with Gasteiger partial charge < -0.3 is 9.51 Å². The minimum Gasteiger partial charge on any atom is -0.508 e. The normalized spacial score (nSPS) is 11.7. The molecule has 2 aromatic heterocycles. The van der Waals surface area contributed by atoms with Gasteiger partial charge in [0.05, 0.1) is 17.6 Å². The lowest BCUT2D eigenvalue weighted by Crippen LogP contribution is -2.25. The molecule has 0 saturated carbocycles. The number of pyridine rings is 1. The Morgan fingerprint density at radius 1 is 1.23 bits per heavy atom. The molecule has 0 aliphatic heterocycles. The van der Waals surface area contributed by atoms with Gasteiger partial charge in [-0.05, 0) is 24.3 Å². The fourth-order valence-electron chi connectivity index (χ4n) is 2.24. The molecule has 0 bridgehead atoms. The van der Waals surface area contributed by atoms with Crippen LogP contribution in [-0.2, 0) is 10.0 Å². The summed E-state index contributed by atoms with van der Waals surface area (Å²) in [7, 11) is -2.00. The van der Waals surface area contributed by atoms with Gasteiger partial charge in [0.25, 0.3) is 0 Å². The maximum Gasteiger partial charge on any atom is 0.232 e. The smallest absolute Gasteiger partial charge is 0.232 e. The summed E-state index contributed by atoms with van der Waals surface area (Å²) in [6.07, 6.45) is 4.80. The fourth-order valence-corrected chi connectivity index (χ4v) is 2.75. The Balaban J connectivity index is 2.22. The second-order valence-corrected chi connectivity index (χ2v) is 7.04. The number of sulfonamides is 1.